The number of carboxylic acid groups (broad SMARTS) is 1. The van der Waals surface area contributed by atoms with Crippen molar-refractivity contribution >= 4 is 68.5 Å². The summed E-state index contributed by atoms with van der Waals surface area (Å²) in [4.78, 5) is 71.2. The second-order valence-electron chi connectivity index (χ2n) is 13.4. The Morgan fingerprint density at radius 3 is 2.35 bits per heavy atom. The van der Waals surface area contributed by atoms with Crippen LogP contribution in [0, 0.1) is 29.5 Å². The molecule has 6 atom stereocenters. The fraction of sp³-hybridized carbons (Fsp3) is 0.205. The lowest BCUT2D eigenvalue weighted by Gasteiger charge is -2.50. The van der Waals surface area contributed by atoms with Crippen molar-refractivity contribution in [2.75, 3.05) is 10.3 Å². The molecule has 3 N–H and O–H groups in total. The number of aromatic hydroxyl groups is 1. The van der Waals surface area contributed by atoms with Crippen LogP contribution in [0.1, 0.15) is 40.2 Å². The number of carbonyl (C=O) groups excluding carboxylic acids is 4. The SMILES string of the molecule is O=C(O)c1cccc(N2C(=O)C3CC=C4C(CC5C(=O)N(Nc6ccc(F)cc6)C(=O)C5(c5ccc(Cl)cc5)C4c4cc(Br)ccc4O)C3C2=O)c1. The zero-order valence-electron chi connectivity index (χ0n) is 27.0. The Balaban J connectivity index is 1.32. The van der Waals surface area contributed by atoms with Crippen molar-refractivity contribution in [3.05, 3.63) is 135 Å². The van der Waals surface area contributed by atoms with Gasteiger partial charge >= 0.3 is 5.97 Å². The number of benzene rings is 4. The number of rotatable bonds is 6. The van der Waals surface area contributed by atoms with Crippen LogP contribution < -0.4 is 10.3 Å². The predicted octanol–water partition coefficient (Wildman–Crippen LogP) is 6.83. The highest BCUT2D eigenvalue weighted by molar-refractivity contribution is 9.10. The summed E-state index contributed by atoms with van der Waals surface area (Å²) in [7, 11) is 0. The molecule has 2 saturated heterocycles. The standard InChI is InChI=1S/C39H28BrClFN3O7/c40-21-6-15-31(46)29(17-21)33-26-13-14-27-32(36(49)44(34(27)47)25-3-1-2-19(16-25)37(50)51)28(26)18-30-35(48)45(43-24-11-9-23(42)10-12-24)38(52)39(30,33)20-4-7-22(41)8-5-20/h1-13,15-17,27-28,30,32-33,43,46H,14,18H2,(H,50,51). The lowest BCUT2D eigenvalue weighted by atomic mass is 9.49. The lowest BCUT2D eigenvalue weighted by Crippen LogP contribution is -2.53. The molecule has 4 aromatic carbocycles. The molecule has 2 aliphatic carbocycles. The predicted molar refractivity (Wildman–Crippen MR) is 191 cm³/mol. The van der Waals surface area contributed by atoms with Gasteiger partial charge in [-0.05, 0) is 97.1 Å². The van der Waals surface area contributed by atoms with Crippen LogP contribution in [0.2, 0.25) is 5.02 Å². The summed E-state index contributed by atoms with van der Waals surface area (Å²) in [6, 6.07) is 22.2. The number of phenols is 1. The smallest absolute Gasteiger partial charge is 0.335 e. The second kappa shape index (κ2) is 12.4. The van der Waals surface area contributed by atoms with Crippen molar-refractivity contribution in [2.24, 2.45) is 23.7 Å². The summed E-state index contributed by atoms with van der Waals surface area (Å²) in [5, 5.41) is 22.4. The number of hydrogen-bond acceptors (Lipinski definition) is 7. The van der Waals surface area contributed by atoms with Crippen LogP contribution in [0.4, 0.5) is 15.8 Å². The fourth-order valence-corrected chi connectivity index (χ4v) is 9.29. The van der Waals surface area contributed by atoms with Crippen molar-refractivity contribution in [1.82, 2.24) is 5.01 Å². The summed E-state index contributed by atoms with van der Waals surface area (Å²) in [5.74, 6) is -8.70. The van der Waals surface area contributed by atoms with Gasteiger partial charge in [0.25, 0.3) is 11.8 Å². The molecule has 0 spiro atoms. The first kappa shape index (κ1) is 33.8. The lowest BCUT2D eigenvalue weighted by molar-refractivity contribution is -0.138. The highest BCUT2D eigenvalue weighted by atomic mass is 79.9. The van der Waals surface area contributed by atoms with E-state index in [4.69, 9.17) is 11.6 Å². The molecule has 3 fully saturated rings. The molecular weight excluding hydrogens is 757 g/mol. The molecule has 0 radical (unpaired) electrons. The molecule has 13 heteroatoms. The molecule has 0 aromatic heterocycles. The third kappa shape index (κ3) is 4.99. The summed E-state index contributed by atoms with van der Waals surface area (Å²) in [5.41, 5.74) is 2.94. The van der Waals surface area contributed by atoms with Crippen LogP contribution in [-0.4, -0.2) is 44.8 Å². The topological polar surface area (TPSA) is 144 Å². The summed E-state index contributed by atoms with van der Waals surface area (Å²) >= 11 is 9.84. The van der Waals surface area contributed by atoms with Crippen LogP contribution >= 0.6 is 27.5 Å². The highest BCUT2D eigenvalue weighted by Gasteiger charge is 2.70. The van der Waals surface area contributed by atoms with Crippen LogP contribution in [-0.2, 0) is 24.6 Å². The molecule has 4 amide bonds. The van der Waals surface area contributed by atoms with Crippen molar-refractivity contribution in [3.8, 4) is 5.75 Å². The van der Waals surface area contributed by atoms with E-state index in [1.807, 2.05) is 6.08 Å². The number of hydrazine groups is 1. The van der Waals surface area contributed by atoms with Gasteiger partial charge in [0.15, 0.2) is 0 Å². The first-order valence-corrected chi connectivity index (χ1v) is 17.6. The Morgan fingerprint density at radius 1 is 0.904 bits per heavy atom. The number of fused-ring (bicyclic) bond motifs is 4. The largest absolute Gasteiger partial charge is 0.508 e. The Kier molecular flexibility index (Phi) is 8.07. The molecule has 2 heterocycles. The van der Waals surface area contributed by atoms with Gasteiger partial charge in [-0.3, -0.25) is 29.5 Å². The Morgan fingerprint density at radius 2 is 1.63 bits per heavy atom. The number of phenolic OH excluding ortho intramolecular Hbond substituents is 1. The summed E-state index contributed by atoms with van der Waals surface area (Å²) in [6.45, 7) is 0. The number of allylic oxidation sites excluding steroid dienone is 2. The first-order chi connectivity index (χ1) is 24.9. The monoisotopic (exact) mass is 783 g/mol. The number of imide groups is 2. The first-order valence-electron chi connectivity index (χ1n) is 16.5. The number of anilines is 2. The third-order valence-corrected chi connectivity index (χ3v) is 11.7. The van der Waals surface area contributed by atoms with Crippen molar-refractivity contribution in [2.45, 2.75) is 24.2 Å². The zero-order valence-corrected chi connectivity index (χ0v) is 29.3. The van der Waals surface area contributed by atoms with Gasteiger partial charge in [-0.2, -0.15) is 5.01 Å². The minimum absolute atomic E-state index is 0.00487. The molecule has 262 valence electrons. The molecule has 1 saturated carbocycles. The van der Waals surface area contributed by atoms with Gasteiger partial charge in [0.05, 0.1) is 40.1 Å². The maximum absolute atomic E-state index is 15.2. The van der Waals surface area contributed by atoms with Gasteiger partial charge in [-0.25, -0.2) is 9.18 Å². The van der Waals surface area contributed by atoms with E-state index in [2.05, 4.69) is 21.4 Å². The molecule has 4 aromatic rings. The average Bonchev–Trinajstić information content (AvgIpc) is 3.51. The van der Waals surface area contributed by atoms with E-state index in [1.54, 1.807) is 36.4 Å². The van der Waals surface area contributed by atoms with Gasteiger partial charge in [0.2, 0.25) is 11.8 Å². The zero-order chi connectivity index (χ0) is 36.6. The summed E-state index contributed by atoms with van der Waals surface area (Å²) in [6.07, 6.45) is 1.97. The van der Waals surface area contributed by atoms with E-state index in [1.165, 1.54) is 54.6 Å². The van der Waals surface area contributed by atoms with Crippen LogP contribution in [0.5, 0.6) is 5.75 Å². The number of nitrogens with one attached hydrogen (secondary N) is 1. The molecule has 52 heavy (non-hydrogen) atoms. The molecular formula is C39H28BrClFN3O7. The van der Waals surface area contributed by atoms with E-state index in [0.717, 1.165) is 9.91 Å². The van der Waals surface area contributed by atoms with E-state index < -0.39 is 70.4 Å². The average molecular weight is 785 g/mol. The minimum Gasteiger partial charge on any atom is -0.508 e. The number of carboxylic acids is 1. The van der Waals surface area contributed by atoms with Gasteiger partial charge < -0.3 is 10.2 Å². The number of aromatic carboxylic acids is 1. The van der Waals surface area contributed by atoms with E-state index >= 15 is 4.79 Å². The maximum atomic E-state index is 15.2. The van der Waals surface area contributed by atoms with Crippen molar-refractivity contribution in [3.63, 3.8) is 0 Å². The Hall–Kier alpha value is -5.33. The molecule has 8 rings (SSSR count). The summed E-state index contributed by atoms with van der Waals surface area (Å²) < 4.78 is 14.4. The maximum Gasteiger partial charge on any atom is 0.335 e. The normalized spacial score (nSPS) is 26.5. The van der Waals surface area contributed by atoms with Gasteiger partial charge in [0, 0.05) is 21.0 Å². The van der Waals surface area contributed by atoms with Gasteiger partial charge in [-0.1, -0.05) is 57.4 Å². The Labute approximate surface area is 309 Å². The molecule has 4 aliphatic rings. The van der Waals surface area contributed by atoms with E-state index in [0.29, 0.717) is 26.2 Å². The number of nitrogens with zero attached hydrogens (tertiary/aromatic N) is 2. The van der Waals surface area contributed by atoms with Gasteiger partial charge in [-0.15, -0.1) is 0 Å². The van der Waals surface area contributed by atoms with Crippen molar-refractivity contribution in [1.29, 1.82) is 0 Å². The molecule has 0 bridgehead atoms. The number of amides is 4. The van der Waals surface area contributed by atoms with E-state index in [-0.39, 0.29) is 35.5 Å². The number of halogens is 3. The Bertz CT molecular complexity index is 2250. The molecule has 6 unspecified atom stereocenters. The van der Waals surface area contributed by atoms with Crippen LogP contribution in [0.3, 0.4) is 0 Å². The van der Waals surface area contributed by atoms with Crippen molar-refractivity contribution < 1.29 is 38.6 Å². The third-order valence-electron chi connectivity index (χ3n) is 10.9. The number of hydrogen-bond donors (Lipinski definition) is 3. The fourth-order valence-electron chi connectivity index (χ4n) is 8.79. The van der Waals surface area contributed by atoms with Crippen LogP contribution in [0.25, 0.3) is 0 Å². The molecule has 2 aliphatic heterocycles. The highest BCUT2D eigenvalue weighted by Crippen LogP contribution is 2.65. The quantitative estimate of drug-likeness (QED) is 0.143. The molecule has 10 nitrogen and oxygen atoms in total. The number of carbonyl (C=O) groups is 5. The second-order valence-corrected chi connectivity index (χ2v) is 14.8. The van der Waals surface area contributed by atoms with E-state index in [9.17, 15) is 33.8 Å². The van der Waals surface area contributed by atoms with Gasteiger partial charge in [0.1, 0.15) is 11.6 Å². The van der Waals surface area contributed by atoms with Crippen LogP contribution in [0.15, 0.2) is 107 Å². The minimum atomic E-state index is -1.66.